The molecule has 0 aliphatic carbocycles. The van der Waals surface area contributed by atoms with E-state index in [9.17, 15) is 14.4 Å². The number of esters is 1. The highest BCUT2D eigenvalue weighted by Crippen LogP contribution is 2.36. The molecule has 8 heteroatoms. The van der Waals surface area contributed by atoms with Crippen LogP contribution in [-0.4, -0.2) is 67.2 Å². The van der Waals surface area contributed by atoms with Gasteiger partial charge in [-0.25, -0.2) is 4.79 Å². The fourth-order valence-electron chi connectivity index (χ4n) is 3.88. The maximum absolute atomic E-state index is 12.9. The van der Waals surface area contributed by atoms with Crippen molar-refractivity contribution in [1.82, 2.24) is 9.80 Å². The zero-order chi connectivity index (χ0) is 20.1. The Morgan fingerprint density at radius 1 is 1.32 bits per heavy atom. The predicted molar refractivity (Wildman–Crippen MR) is 103 cm³/mol. The number of cyclic esters (lactones) is 1. The van der Waals surface area contributed by atoms with E-state index in [1.165, 1.54) is 4.90 Å². The zero-order valence-electron chi connectivity index (χ0n) is 16.0. The molecule has 3 rings (SSSR count). The minimum Gasteiger partial charge on any atom is -0.466 e. The average Bonchev–Trinajstić information content (AvgIpc) is 3.06. The highest BCUT2D eigenvalue weighted by molar-refractivity contribution is 6.30. The van der Waals surface area contributed by atoms with Crippen molar-refractivity contribution in [2.45, 2.75) is 26.2 Å². The summed E-state index contributed by atoms with van der Waals surface area (Å²) in [4.78, 5) is 40.4. The van der Waals surface area contributed by atoms with Crippen molar-refractivity contribution in [3.63, 3.8) is 0 Å². The molecule has 0 unspecified atom stereocenters. The van der Waals surface area contributed by atoms with E-state index in [2.05, 4.69) is 0 Å². The molecule has 0 radical (unpaired) electrons. The van der Waals surface area contributed by atoms with Crippen LogP contribution in [0.25, 0.3) is 0 Å². The van der Waals surface area contributed by atoms with Crippen LogP contribution in [0.4, 0.5) is 4.79 Å². The van der Waals surface area contributed by atoms with Crippen LogP contribution in [-0.2, 0) is 25.5 Å². The van der Waals surface area contributed by atoms with Gasteiger partial charge in [0.15, 0.2) is 0 Å². The van der Waals surface area contributed by atoms with Gasteiger partial charge < -0.3 is 14.4 Å². The Labute approximate surface area is 169 Å². The second kappa shape index (κ2) is 8.82. The Kier molecular flexibility index (Phi) is 6.44. The van der Waals surface area contributed by atoms with Gasteiger partial charge in [-0.3, -0.25) is 14.5 Å². The number of nitrogens with zero attached hydrogens (tertiary/aromatic N) is 2. The lowest BCUT2D eigenvalue weighted by atomic mass is 9.75. The zero-order valence-corrected chi connectivity index (χ0v) is 16.7. The highest BCUT2D eigenvalue weighted by atomic mass is 35.5. The van der Waals surface area contributed by atoms with E-state index in [1.807, 2.05) is 18.2 Å². The third-order valence-electron chi connectivity index (χ3n) is 5.24. The summed E-state index contributed by atoms with van der Waals surface area (Å²) in [5.41, 5.74) is 0.109. The monoisotopic (exact) mass is 408 g/mol. The molecule has 152 valence electrons. The molecule has 2 aliphatic heterocycles. The molecule has 2 saturated heterocycles. The van der Waals surface area contributed by atoms with Crippen LogP contribution in [0.2, 0.25) is 5.02 Å². The summed E-state index contributed by atoms with van der Waals surface area (Å²) in [5.74, 6) is -0.480. The number of benzene rings is 1. The third-order valence-corrected chi connectivity index (χ3v) is 5.48. The average molecular weight is 409 g/mol. The van der Waals surface area contributed by atoms with Crippen molar-refractivity contribution in [2.24, 2.45) is 5.41 Å². The van der Waals surface area contributed by atoms with Crippen molar-refractivity contribution in [3.05, 3.63) is 34.9 Å². The number of likely N-dealkylation sites (tertiary alicyclic amines) is 1. The Hall–Kier alpha value is -2.28. The fourth-order valence-corrected chi connectivity index (χ4v) is 4.10. The van der Waals surface area contributed by atoms with E-state index in [-0.39, 0.29) is 31.6 Å². The molecular weight excluding hydrogens is 384 g/mol. The van der Waals surface area contributed by atoms with Crippen LogP contribution < -0.4 is 0 Å². The van der Waals surface area contributed by atoms with Crippen LogP contribution in [0.5, 0.6) is 0 Å². The second-order valence-electron chi connectivity index (χ2n) is 7.26. The fraction of sp³-hybridized carbons (Fsp3) is 0.550. The summed E-state index contributed by atoms with van der Waals surface area (Å²) in [6.07, 6.45) is 1.30. The normalized spacial score (nSPS) is 22.1. The lowest BCUT2D eigenvalue weighted by molar-refractivity contribution is -0.160. The number of amides is 2. The minimum atomic E-state index is -0.819. The molecule has 0 bridgehead atoms. The summed E-state index contributed by atoms with van der Waals surface area (Å²) in [6.45, 7) is 3.55. The van der Waals surface area contributed by atoms with Gasteiger partial charge in [0.1, 0.15) is 13.2 Å². The summed E-state index contributed by atoms with van der Waals surface area (Å²) in [5, 5.41) is 0.604. The van der Waals surface area contributed by atoms with Crippen molar-refractivity contribution < 1.29 is 23.9 Å². The molecular formula is C20H25ClN2O5. The molecule has 2 heterocycles. The van der Waals surface area contributed by atoms with Gasteiger partial charge in [0.05, 0.1) is 18.6 Å². The first kappa shape index (κ1) is 20.5. The molecule has 0 spiro atoms. The second-order valence-corrected chi connectivity index (χ2v) is 7.70. The number of piperidine rings is 1. The highest BCUT2D eigenvalue weighted by Gasteiger charge is 2.45. The number of carbonyl (C=O) groups is 3. The number of hydrogen-bond donors (Lipinski definition) is 0. The summed E-state index contributed by atoms with van der Waals surface area (Å²) in [7, 11) is 0. The van der Waals surface area contributed by atoms with E-state index in [0.717, 1.165) is 5.56 Å². The number of hydrogen-bond acceptors (Lipinski definition) is 5. The lowest BCUT2D eigenvalue weighted by Gasteiger charge is -2.41. The molecule has 28 heavy (non-hydrogen) atoms. The number of rotatable bonds is 6. The van der Waals surface area contributed by atoms with E-state index in [4.69, 9.17) is 21.1 Å². The van der Waals surface area contributed by atoms with Crippen LogP contribution in [0.3, 0.4) is 0 Å². The van der Waals surface area contributed by atoms with Gasteiger partial charge in [0, 0.05) is 18.1 Å². The molecule has 0 saturated carbocycles. The molecule has 1 aromatic carbocycles. The number of halogens is 1. The quantitative estimate of drug-likeness (QED) is 0.676. The van der Waals surface area contributed by atoms with Gasteiger partial charge in [0.2, 0.25) is 5.91 Å². The largest absolute Gasteiger partial charge is 0.466 e. The van der Waals surface area contributed by atoms with Crippen LogP contribution in [0, 0.1) is 5.41 Å². The Balaban J connectivity index is 1.77. The molecule has 1 aromatic rings. The van der Waals surface area contributed by atoms with Gasteiger partial charge in [-0.2, -0.15) is 0 Å². The van der Waals surface area contributed by atoms with Gasteiger partial charge >= 0.3 is 12.1 Å². The maximum atomic E-state index is 12.9. The molecule has 7 nitrogen and oxygen atoms in total. The molecule has 2 aliphatic rings. The Morgan fingerprint density at radius 3 is 2.82 bits per heavy atom. The van der Waals surface area contributed by atoms with E-state index in [0.29, 0.717) is 44.0 Å². The van der Waals surface area contributed by atoms with Crippen molar-refractivity contribution in [2.75, 3.05) is 39.4 Å². The summed E-state index contributed by atoms with van der Waals surface area (Å²) in [6, 6.07) is 7.40. The minimum absolute atomic E-state index is 0.0328. The predicted octanol–water partition coefficient (Wildman–Crippen LogP) is 2.51. The molecule has 0 N–H and O–H groups in total. The topological polar surface area (TPSA) is 76.2 Å². The van der Waals surface area contributed by atoms with Gasteiger partial charge in [-0.05, 0) is 43.9 Å². The van der Waals surface area contributed by atoms with E-state index in [1.54, 1.807) is 17.9 Å². The Morgan fingerprint density at radius 2 is 2.14 bits per heavy atom. The first-order valence-electron chi connectivity index (χ1n) is 9.55. The maximum Gasteiger partial charge on any atom is 0.410 e. The molecule has 2 fully saturated rings. The lowest BCUT2D eigenvalue weighted by Crippen LogP contribution is -2.53. The summed E-state index contributed by atoms with van der Waals surface area (Å²) < 4.78 is 10.3. The standard InChI is InChI=1S/C20H25ClN2O5/c1-2-27-18(25)20(12-15-5-3-6-16(21)11-15)7-4-8-23(14-20)17(24)13-22-9-10-28-19(22)26/h3,5-6,11H,2,4,7-10,12-14H2,1H3/t20-/m1/s1. The third kappa shape index (κ3) is 4.58. The summed E-state index contributed by atoms with van der Waals surface area (Å²) >= 11 is 6.11. The van der Waals surface area contributed by atoms with Gasteiger partial charge in [-0.1, -0.05) is 23.7 Å². The van der Waals surface area contributed by atoms with Gasteiger partial charge in [-0.15, -0.1) is 0 Å². The first-order valence-corrected chi connectivity index (χ1v) is 9.92. The van der Waals surface area contributed by atoms with E-state index < -0.39 is 11.5 Å². The first-order chi connectivity index (χ1) is 13.4. The SMILES string of the molecule is CCOC(=O)[C@@]1(Cc2cccc(Cl)c2)CCCN(C(=O)CN2CCOC2=O)C1. The van der Waals surface area contributed by atoms with Crippen molar-refractivity contribution >= 4 is 29.6 Å². The molecule has 1 atom stereocenters. The van der Waals surface area contributed by atoms with Gasteiger partial charge in [0.25, 0.3) is 0 Å². The Bertz CT molecular complexity index is 756. The molecule has 2 amide bonds. The van der Waals surface area contributed by atoms with Crippen molar-refractivity contribution in [1.29, 1.82) is 0 Å². The number of carbonyl (C=O) groups excluding carboxylic acids is 3. The van der Waals surface area contributed by atoms with Crippen molar-refractivity contribution in [3.8, 4) is 0 Å². The van der Waals surface area contributed by atoms with Crippen LogP contribution >= 0.6 is 11.6 Å². The van der Waals surface area contributed by atoms with Crippen LogP contribution in [0.1, 0.15) is 25.3 Å². The molecule has 0 aromatic heterocycles. The van der Waals surface area contributed by atoms with Crippen LogP contribution in [0.15, 0.2) is 24.3 Å². The van der Waals surface area contributed by atoms with E-state index >= 15 is 0 Å². The number of ether oxygens (including phenoxy) is 2. The smallest absolute Gasteiger partial charge is 0.410 e.